The molecular weight excluding hydrogens is 434 g/mol. The molecule has 0 N–H and O–H groups in total. The highest BCUT2D eigenvalue weighted by Gasteiger charge is 2.27. The zero-order chi connectivity index (χ0) is 23.4. The summed E-state index contributed by atoms with van der Waals surface area (Å²) in [5.41, 5.74) is 3.03. The van der Waals surface area contributed by atoms with Gasteiger partial charge in [0.15, 0.2) is 0 Å². The van der Waals surface area contributed by atoms with Crippen LogP contribution in [-0.2, 0) is 35.8 Å². The van der Waals surface area contributed by atoms with Gasteiger partial charge in [0.2, 0.25) is 0 Å². The van der Waals surface area contributed by atoms with Crippen molar-refractivity contribution in [3.8, 4) is 0 Å². The molecule has 1 aromatic carbocycles. The van der Waals surface area contributed by atoms with Gasteiger partial charge in [0.25, 0.3) is 5.56 Å². The maximum atomic E-state index is 13.3. The van der Waals surface area contributed by atoms with Crippen molar-refractivity contribution >= 4 is 25.2 Å². The number of rotatable bonds is 7. The van der Waals surface area contributed by atoms with Crippen LogP contribution >= 0.6 is 0 Å². The number of aromatic nitrogens is 2. The summed E-state index contributed by atoms with van der Waals surface area (Å²) < 4.78 is 13.0. The van der Waals surface area contributed by atoms with Crippen LogP contribution in [0.3, 0.4) is 0 Å². The van der Waals surface area contributed by atoms with E-state index in [-0.39, 0.29) is 25.0 Å². The van der Waals surface area contributed by atoms with Crippen molar-refractivity contribution in [2.75, 3.05) is 13.2 Å². The molecule has 0 fully saturated rings. The van der Waals surface area contributed by atoms with Gasteiger partial charge in [-0.05, 0) is 35.7 Å². The van der Waals surface area contributed by atoms with Crippen molar-refractivity contribution in [1.82, 2.24) is 14.5 Å². The third-order valence-electron chi connectivity index (χ3n) is 5.90. The molecule has 0 bridgehead atoms. The Bertz CT molecular complexity index is 1190. The van der Waals surface area contributed by atoms with Crippen LogP contribution in [0.4, 0.5) is 4.79 Å². The van der Waals surface area contributed by atoms with Crippen molar-refractivity contribution < 1.29 is 14.3 Å². The van der Waals surface area contributed by atoms with Gasteiger partial charge in [-0.1, -0.05) is 50.0 Å². The van der Waals surface area contributed by atoms with E-state index in [1.54, 1.807) is 15.7 Å². The van der Waals surface area contributed by atoms with E-state index in [0.717, 1.165) is 28.1 Å². The Kier molecular flexibility index (Phi) is 6.95. The molecule has 0 atom stereocenters. The summed E-state index contributed by atoms with van der Waals surface area (Å²) in [4.78, 5) is 32.2. The molecule has 4 rings (SSSR count). The number of hydrogen-bond donors (Lipinski definition) is 0. The number of nitrogens with zero attached hydrogens (tertiary/aromatic N) is 3. The zero-order valence-electron chi connectivity index (χ0n) is 19.5. The van der Waals surface area contributed by atoms with Gasteiger partial charge in [0, 0.05) is 38.4 Å². The Balaban J connectivity index is 1.53. The molecule has 33 heavy (non-hydrogen) atoms. The number of amides is 1. The van der Waals surface area contributed by atoms with E-state index in [1.165, 1.54) is 0 Å². The molecule has 0 aliphatic carbocycles. The maximum Gasteiger partial charge on any atom is 0.410 e. The first kappa shape index (κ1) is 23.2. The summed E-state index contributed by atoms with van der Waals surface area (Å²) in [5, 5.41) is 0.876. The van der Waals surface area contributed by atoms with E-state index < -0.39 is 8.07 Å². The molecule has 0 unspecified atom stereocenters. The molecule has 1 aliphatic heterocycles. The lowest BCUT2D eigenvalue weighted by Gasteiger charge is -2.29. The van der Waals surface area contributed by atoms with Gasteiger partial charge in [-0.25, -0.2) is 9.78 Å². The van der Waals surface area contributed by atoms with Crippen molar-refractivity contribution in [1.29, 1.82) is 0 Å². The fourth-order valence-corrected chi connectivity index (χ4v) is 4.73. The summed E-state index contributed by atoms with van der Waals surface area (Å²) in [6.45, 7) is 8.72. The van der Waals surface area contributed by atoms with Gasteiger partial charge in [0.1, 0.15) is 19.0 Å². The van der Waals surface area contributed by atoms with Crippen molar-refractivity contribution in [2.45, 2.75) is 52.0 Å². The van der Waals surface area contributed by atoms with Crippen LogP contribution in [0.25, 0.3) is 11.0 Å². The number of fused-ring (bicyclic) bond motifs is 3. The second kappa shape index (κ2) is 9.89. The molecule has 3 heterocycles. The van der Waals surface area contributed by atoms with Crippen LogP contribution in [0.2, 0.25) is 25.7 Å². The van der Waals surface area contributed by atoms with E-state index in [9.17, 15) is 9.59 Å². The van der Waals surface area contributed by atoms with Crippen LogP contribution in [0.15, 0.2) is 53.5 Å². The average Bonchev–Trinajstić information content (AvgIpc) is 2.81. The van der Waals surface area contributed by atoms with Crippen LogP contribution in [0.1, 0.15) is 16.7 Å². The highest BCUT2D eigenvalue weighted by atomic mass is 28.3. The highest BCUT2D eigenvalue weighted by Crippen LogP contribution is 2.25. The quantitative estimate of drug-likeness (QED) is 0.382. The molecule has 1 aliphatic rings. The SMILES string of the molecule is C[Si](C)(C)CCOCn1c(=O)c2c(c3cccnc31)CN(C(=O)OCc1ccccc1)CC2. The second-order valence-corrected chi connectivity index (χ2v) is 15.2. The van der Waals surface area contributed by atoms with Crippen LogP contribution < -0.4 is 5.56 Å². The van der Waals surface area contributed by atoms with E-state index in [1.807, 2.05) is 42.5 Å². The van der Waals surface area contributed by atoms with Crippen LogP contribution in [-0.4, -0.2) is 41.8 Å². The average molecular weight is 466 g/mol. The highest BCUT2D eigenvalue weighted by molar-refractivity contribution is 6.76. The minimum Gasteiger partial charge on any atom is -0.445 e. The molecule has 3 aromatic rings. The molecule has 1 amide bonds. The molecule has 8 heteroatoms. The van der Waals surface area contributed by atoms with E-state index in [0.29, 0.717) is 31.8 Å². The third-order valence-corrected chi connectivity index (χ3v) is 7.60. The minimum absolute atomic E-state index is 0.0819. The summed E-state index contributed by atoms with van der Waals surface area (Å²) >= 11 is 0. The summed E-state index contributed by atoms with van der Waals surface area (Å²) in [6.07, 6.45) is 1.79. The topological polar surface area (TPSA) is 73.7 Å². The number of carbonyl (C=O) groups excluding carboxylic acids is 1. The minimum atomic E-state index is -1.21. The molecule has 0 radical (unpaired) electrons. The number of hydrogen-bond acceptors (Lipinski definition) is 5. The first-order valence-electron chi connectivity index (χ1n) is 11.4. The standard InChI is InChI=1S/C25H31N3O4Si/c1-33(2,3)15-14-31-18-28-23-20(10-7-12-26-23)22-16-27(13-11-21(22)24(28)29)25(30)32-17-19-8-5-4-6-9-19/h4-10,12H,11,13-18H2,1-3H3. The van der Waals surface area contributed by atoms with E-state index >= 15 is 0 Å². The zero-order valence-corrected chi connectivity index (χ0v) is 20.5. The molecule has 2 aromatic heterocycles. The van der Waals surface area contributed by atoms with Gasteiger partial charge in [0.05, 0.1) is 6.54 Å². The summed E-state index contributed by atoms with van der Waals surface area (Å²) in [5.74, 6) is 0. The van der Waals surface area contributed by atoms with Crippen LogP contribution in [0, 0.1) is 0 Å². The van der Waals surface area contributed by atoms with Gasteiger partial charge in [-0.3, -0.25) is 9.36 Å². The van der Waals surface area contributed by atoms with Crippen molar-refractivity contribution in [3.05, 3.63) is 75.7 Å². The number of carbonyl (C=O) groups is 1. The predicted molar refractivity (Wildman–Crippen MR) is 131 cm³/mol. The van der Waals surface area contributed by atoms with Crippen molar-refractivity contribution in [3.63, 3.8) is 0 Å². The maximum absolute atomic E-state index is 13.3. The van der Waals surface area contributed by atoms with Gasteiger partial charge < -0.3 is 14.4 Å². The largest absolute Gasteiger partial charge is 0.445 e. The van der Waals surface area contributed by atoms with E-state index in [4.69, 9.17) is 9.47 Å². The second-order valence-electron chi connectivity index (χ2n) is 9.62. The predicted octanol–water partition coefficient (Wildman–Crippen LogP) is 4.40. The van der Waals surface area contributed by atoms with Crippen molar-refractivity contribution in [2.24, 2.45) is 0 Å². The van der Waals surface area contributed by atoms with Gasteiger partial charge in [-0.15, -0.1) is 0 Å². The first-order chi connectivity index (χ1) is 15.8. The Hall–Kier alpha value is -2.97. The first-order valence-corrected chi connectivity index (χ1v) is 15.1. The van der Waals surface area contributed by atoms with E-state index in [2.05, 4.69) is 24.6 Å². The Labute approximate surface area is 195 Å². The molecule has 7 nitrogen and oxygen atoms in total. The Morgan fingerprint density at radius 2 is 1.88 bits per heavy atom. The summed E-state index contributed by atoms with van der Waals surface area (Å²) in [6, 6.07) is 14.5. The normalized spacial score (nSPS) is 13.7. The lowest BCUT2D eigenvalue weighted by Crippen LogP contribution is -2.40. The molecule has 174 valence electrons. The Morgan fingerprint density at radius 1 is 1.09 bits per heavy atom. The number of pyridine rings is 2. The Morgan fingerprint density at radius 3 is 2.64 bits per heavy atom. The lowest BCUT2D eigenvalue weighted by atomic mass is 9.98. The molecular formula is C25H31N3O4Si. The molecule has 0 saturated heterocycles. The third kappa shape index (κ3) is 5.51. The number of ether oxygens (including phenoxy) is 2. The smallest absolute Gasteiger partial charge is 0.410 e. The number of benzene rings is 1. The van der Waals surface area contributed by atoms with Gasteiger partial charge in [-0.2, -0.15) is 0 Å². The molecule has 0 saturated carbocycles. The molecule has 0 spiro atoms. The lowest BCUT2D eigenvalue weighted by molar-refractivity contribution is 0.0855. The van der Waals surface area contributed by atoms with Crippen LogP contribution in [0.5, 0.6) is 0 Å². The van der Waals surface area contributed by atoms with Gasteiger partial charge >= 0.3 is 6.09 Å². The monoisotopic (exact) mass is 465 g/mol. The fraction of sp³-hybridized carbons (Fsp3) is 0.400. The summed E-state index contributed by atoms with van der Waals surface area (Å²) in [7, 11) is -1.21. The fourth-order valence-electron chi connectivity index (χ4n) is 3.97.